The molecule has 0 amide bonds. The van der Waals surface area contributed by atoms with Gasteiger partial charge in [0.25, 0.3) is 0 Å². The number of fused-ring (bicyclic) bond motifs is 1. The third-order valence-corrected chi connectivity index (χ3v) is 3.23. The van der Waals surface area contributed by atoms with Crippen molar-refractivity contribution in [1.29, 1.82) is 0 Å². The molecule has 0 spiro atoms. The van der Waals surface area contributed by atoms with E-state index in [1.165, 1.54) is 5.69 Å². The zero-order chi connectivity index (χ0) is 11.7. The predicted molar refractivity (Wildman–Crippen MR) is 68.5 cm³/mol. The summed E-state index contributed by atoms with van der Waals surface area (Å²) in [5.41, 5.74) is 3.44. The topological polar surface area (TPSA) is 41.2 Å². The van der Waals surface area contributed by atoms with Gasteiger partial charge in [0.1, 0.15) is 11.3 Å². The van der Waals surface area contributed by atoms with Gasteiger partial charge in [0.05, 0.1) is 24.4 Å². The third-order valence-electron chi connectivity index (χ3n) is 3.23. The minimum absolute atomic E-state index is 0.807. The maximum absolute atomic E-state index is 5.39. The maximum atomic E-state index is 5.39. The number of hydrogen-bond donors (Lipinski definition) is 1. The molecule has 1 saturated heterocycles. The van der Waals surface area contributed by atoms with Gasteiger partial charge in [0.2, 0.25) is 0 Å². The van der Waals surface area contributed by atoms with Gasteiger partial charge in [-0.25, -0.2) is 4.98 Å². The van der Waals surface area contributed by atoms with Gasteiger partial charge in [-0.15, -0.1) is 0 Å². The lowest BCUT2D eigenvalue weighted by atomic mass is 10.2. The van der Waals surface area contributed by atoms with E-state index in [1.807, 2.05) is 0 Å². The Morgan fingerprint density at radius 3 is 2.94 bits per heavy atom. The fourth-order valence-electron chi connectivity index (χ4n) is 2.29. The Bertz CT molecular complexity index is 514. The summed E-state index contributed by atoms with van der Waals surface area (Å²) in [7, 11) is 0. The lowest BCUT2D eigenvalue weighted by Crippen LogP contribution is -2.36. The van der Waals surface area contributed by atoms with E-state index in [0.29, 0.717) is 0 Å². The number of anilines is 1. The number of nitrogens with zero attached hydrogens (tertiary/aromatic N) is 2. The summed E-state index contributed by atoms with van der Waals surface area (Å²) in [5.74, 6) is 1.06. The number of nitrogens with one attached hydrogen (secondary N) is 1. The largest absolute Gasteiger partial charge is 0.378 e. The van der Waals surface area contributed by atoms with E-state index in [9.17, 15) is 0 Å². The number of aryl methyl sites for hydroxylation is 1. The van der Waals surface area contributed by atoms with Crippen LogP contribution >= 0.6 is 0 Å². The summed E-state index contributed by atoms with van der Waals surface area (Å²) in [6.07, 6.45) is 0.942. The van der Waals surface area contributed by atoms with Crippen molar-refractivity contribution >= 4 is 16.7 Å². The summed E-state index contributed by atoms with van der Waals surface area (Å²) >= 11 is 0. The van der Waals surface area contributed by atoms with Crippen LogP contribution in [-0.4, -0.2) is 36.3 Å². The zero-order valence-corrected chi connectivity index (χ0v) is 10.1. The summed E-state index contributed by atoms with van der Waals surface area (Å²) < 4.78 is 5.39. The van der Waals surface area contributed by atoms with Gasteiger partial charge >= 0.3 is 0 Å². The number of ether oxygens (including phenoxy) is 1. The Balaban J connectivity index is 2.05. The number of hydrogen-bond acceptors (Lipinski definition) is 3. The molecular formula is C13H17N3O. The quantitative estimate of drug-likeness (QED) is 0.859. The van der Waals surface area contributed by atoms with Crippen molar-refractivity contribution in [3.8, 4) is 0 Å². The Labute approximate surface area is 101 Å². The fraction of sp³-hybridized carbons (Fsp3) is 0.462. The SMILES string of the molecule is CCc1nc2c(N3CCOCC3)cccc2[nH]1. The summed E-state index contributed by atoms with van der Waals surface area (Å²) in [6, 6.07) is 6.32. The number of aromatic nitrogens is 2. The molecule has 0 saturated carbocycles. The van der Waals surface area contributed by atoms with E-state index < -0.39 is 0 Å². The Morgan fingerprint density at radius 1 is 1.35 bits per heavy atom. The molecule has 0 bridgehead atoms. The first-order valence-corrected chi connectivity index (χ1v) is 6.19. The van der Waals surface area contributed by atoms with Gasteiger partial charge in [-0.05, 0) is 12.1 Å². The predicted octanol–water partition coefficient (Wildman–Crippen LogP) is 1.96. The van der Waals surface area contributed by atoms with Gasteiger partial charge in [-0.2, -0.15) is 0 Å². The molecular weight excluding hydrogens is 214 g/mol. The molecule has 1 aromatic heterocycles. The molecule has 1 N–H and O–H groups in total. The smallest absolute Gasteiger partial charge is 0.112 e. The van der Waals surface area contributed by atoms with Crippen molar-refractivity contribution in [1.82, 2.24) is 9.97 Å². The van der Waals surface area contributed by atoms with Crippen LogP contribution in [0.25, 0.3) is 11.0 Å². The Morgan fingerprint density at radius 2 is 2.18 bits per heavy atom. The normalized spacial score (nSPS) is 16.6. The second-order valence-electron chi connectivity index (χ2n) is 4.31. The molecule has 0 atom stereocenters. The minimum atomic E-state index is 0.807. The molecule has 0 unspecified atom stereocenters. The highest BCUT2D eigenvalue weighted by Gasteiger charge is 2.15. The van der Waals surface area contributed by atoms with Gasteiger partial charge < -0.3 is 14.6 Å². The van der Waals surface area contributed by atoms with E-state index in [-0.39, 0.29) is 0 Å². The van der Waals surface area contributed by atoms with Crippen LogP contribution in [0, 0.1) is 0 Å². The first-order valence-electron chi connectivity index (χ1n) is 6.19. The average molecular weight is 231 g/mol. The van der Waals surface area contributed by atoms with Crippen LogP contribution in [0.4, 0.5) is 5.69 Å². The van der Waals surface area contributed by atoms with Gasteiger partial charge in [0.15, 0.2) is 0 Å². The summed E-state index contributed by atoms with van der Waals surface area (Å²) in [4.78, 5) is 10.4. The maximum Gasteiger partial charge on any atom is 0.112 e. The molecule has 3 rings (SSSR count). The fourth-order valence-corrected chi connectivity index (χ4v) is 2.29. The van der Waals surface area contributed by atoms with Crippen LogP contribution in [-0.2, 0) is 11.2 Å². The lowest BCUT2D eigenvalue weighted by Gasteiger charge is -2.28. The van der Waals surface area contributed by atoms with Gasteiger partial charge in [0, 0.05) is 19.5 Å². The van der Waals surface area contributed by atoms with Crippen LogP contribution in [0.15, 0.2) is 18.2 Å². The van der Waals surface area contributed by atoms with Crippen molar-refractivity contribution in [3.63, 3.8) is 0 Å². The van der Waals surface area contributed by atoms with E-state index in [1.54, 1.807) is 0 Å². The van der Waals surface area contributed by atoms with Gasteiger partial charge in [-0.3, -0.25) is 0 Å². The van der Waals surface area contributed by atoms with Crippen molar-refractivity contribution in [2.75, 3.05) is 31.2 Å². The Kier molecular flexibility index (Phi) is 2.73. The van der Waals surface area contributed by atoms with Crippen molar-refractivity contribution in [2.45, 2.75) is 13.3 Å². The van der Waals surface area contributed by atoms with Gasteiger partial charge in [-0.1, -0.05) is 13.0 Å². The molecule has 1 aliphatic heterocycles. The second-order valence-corrected chi connectivity index (χ2v) is 4.31. The molecule has 0 radical (unpaired) electrons. The zero-order valence-electron chi connectivity index (χ0n) is 10.1. The van der Waals surface area contributed by atoms with Crippen LogP contribution in [0.5, 0.6) is 0 Å². The molecule has 90 valence electrons. The minimum Gasteiger partial charge on any atom is -0.378 e. The van der Waals surface area contributed by atoms with Crippen LogP contribution in [0.1, 0.15) is 12.7 Å². The van der Waals surface area contributed by atoms with E-state index in [4.69, 9.17) is 4.74 Å². The van der Waals surface area contributed by atoms with Crippen molar-refractivity contribution in [2.24, 2.45) is 0 Å². The van der Waals surface area contributed by atoms with Crippen molar-refractivity contribution < 1.29 is 4.74 Å². The molecule has 2 heterocycles. The van der Waals surface area contributed by atoms with Crippen LogP contribution < -0.4 is 4.90 Å². The molecule has 1 aromatic carbocycles. The van der Waals surface area contributed by atoms with Crippen molar-refractivity contribution in [3.05, 3.63) is 24.0 Å². The number of imidazole rings is 1. The molecule has 1 fully saturated rings. The third kappa shape index (κ3) is 1.89. The van der Waals surface area contributed by atoms with Crippen LogP contribution in [0.2, 0.25) is 0 Å². The molecule has 1 aliphatic rings. The first-order chi connectivity index (χ1) is 8.38. The molecule has 4 nitrogen and oxygen atoms in total. The molecule has 0 aliphatic carbocycles. The molecule has 17 heavy (non-hydrogen) atoms. The number of para-hydroxylation sites is 1. The highest BCUT2D eigenvalue weighted by molar-refractivity contribution is 5.88. The number of rotatable bonds is 2. The number of H-pyrrole nitrogens is 1. The highest BCUT2D eigenvalue weighted by atomic mass is 16.5. The molecule has 2 aromatic rings. The lowest BCUT2D eigenvalue weighted by molar-refractivity contribution is 0.123. The summed E-state index contributed by atoms with van der Waals surface area (Å²) in [5, 5.41) is 0. The number of morpholine rings is 1. The second kappa shape index (κ2) is 4.37. The highest BCUT2D eigenvalue weighted by Crippen LogP contribution is 2.25. The standard InChI is InChI=1S/C13H17N3O/c1-2-12-14-10-4-3-5-11(13(10)15-12)16-6-8-17-9-7-16/h3-5H,2,6-9H2,1H3,(H,14,15). The number of aromatic amines is 1. The van der Waals surface area contributed by atoms with E-state index in [0.717, 1.165) is 49.6 Å². The average Bonchev–Trinajstić information content (AvgIpc) is 2.82. The summed E-state index contributed by atoms with van der Waals surface area (Å²) in [6.45, 7) is 5.63. The number of benzene rings is 1. The Hall–Kier alpha value is -1.55. The molecule has 4 heteroatoms. The van der Waals surface area contributed by atoms with E-state index >= 15 is 0 Å². The van der Waals surface area contributed by atoms with Crippen LogP contribution in [0.3, 0.4) is 0 Å². The first kappa shape index (κ1) is 10.6. The van der Waals surface area contributed by atoms with E-state index in [2.05, 4.69) is 40.0 Å². The monoisotopic (exact) mass is 231 g/mol.